The highest BCUT2D eigenvalue weighted by atomic mass is 32.2. The lowest BCUT2D eigenvalue weighted by Gasteiger charge is -2.17. The molecule has 0 N–H and O–H groups in total. The predicted molar refractivity (Wildman–Crippen MR) is 118 cm³/mol. The van der Waals surface area contributed by atoms with Gasteiger partial charge in [0.25, 0.3) is 11.8 Å². The molecule has 0 bridgehead atoms. The van der Waals surface area contributed by atoms with E-state index in [0.29, 0.717) is 27.9 Å². The molecule has 0 unspecified atom stereocenters. The Labute approximate surface area is 173 Å². The molecule has 0 spiro atoms. The molecule has 0 atom stereocenters. The third-order valence-corrected chi connectivity index (χ3v) is 6.22. The molecule has 0 aromatic heterocycles. The van der Waals surface area contributed by atoms with E-state index < -0.39 is 0 Å². The van der Waals surface area contributed by atoms with E-state index in [9.17, 15) is 9.59 Å². The van der Waals surface area contributed by atoms with Crippen molar-refractivity contribution in [3.05, 3.63) is 82.8 Å². The summed E-state index contributed by atoms with van der Waals surface area (Å²) in [5, 5.41) is 0. The van der Waals surface area contributed by atoms with Crippen molar-refractivity contribution in [3.63, 3.8) is 0 Å². The van der Waals surface area contributed by atoms with Crippen LogP contribution >= 0.6 is 24.0 Å². The van der Waals surface area contributed by atoms with Crippen molar-refractivity contribution in [2.75, 3.05) is 11.4 Å². The third-order valence-electron chi connectivity index (χ3n) is 4.77. The van der Waals surface area contributed by atoms with Gasteiger partial charge in [0.1, 0.15) is 4.32 Å². The van der Waals surface area contributed by atoms with Crippen LogP contribution in [-0.4, -0.2) is 27.6 Å². The zero-order chi connectivity index (χ0) is 19.8. The van der Waals surface area contributed by atoms with Gasteiger partial charge >= 0.3 is 0 Å². The van der Waals surface area contributed by atoms with E-state index >= 15 is 0 Å². The summed E-state index contributed by atoms with van der Waals surface area (Å²) >= 11 is 6.53. The molecule has 0 radical (unpaired) electrons. The minimum atomic E-state index is -0.231. The molecule has 2 aliphatic heterocycles. The van der Waals surface area contributed by atoms with Crippen LogP contribution in [0.25, 0.3) is 5.57 Å². The first-order chi connectivity index (χ1) is 13.5. The van der Waals surface area contributed by atoms with Crippen LogP contribution in [0.5, 0.6) is 0 Å². The topological polar surface area (TPSA) is 40.6 Å². The Morgan fingerprint density at radius 2 is 1.75 bits per heavy atom. The van der Waals surface area contributed by atoms with Crippen LogP contribution < -0.4 is 4.90 Å². The predicted octanol–water partition coefficient (Wildman–Crippen LogP) is 4.30. The number of para-hydroxylation sites is 1. The Hall–Kier alpha value is -2.70. The van der Waals surface area contributed by atoms with Crippen LogP contribution in [0.1, 0.15) is 16.7 Å². The van der Waals surface area contributed by atoms with Crippen molar-refractivity contribution in [1.29, 1.82) is 0 Å². The van der Waals surface area contributed by atoms with Crippen molar-refractivity contribution in [1.82, 2.24) is 4.90 Å². The highest BCUT2D eigenvalue weighted by Crippen LogP contribution is 2.44. The summed E-state index contributed by atoms with van der Waals surface area (Å²) in [4.78, 5) is 29.9. The lowest BCUT2D eigenvalue weighted by atomic mass is 10.1. The van der Waals surface area contributed by atoms with Crippen molar-refractivity contribution >= 4 is 51.4 Å². The third kappa shape index (κ3) is 3.08. The highest BCUT2D eigenvalue weighted by Gasteiger charge is 2.41. The van der Waals surface area contributed by atoms with Gasteiger partial charge in [-0.3, -0.25) is 14.5 Å². The zero-order valence-electron chi connectivity index (χ0n) is 15.3. The van der Waals surface area contributed by atoms with Crippen molar-refractivity contribution in [2.24, 2.45) is 0 Å². The molecule has 28 heavy (non-hydrogen) atoms. The van der Waals surface area contributed by atoms with Gasteiger partial charge in [0.15, 0.2) is 0 Å². The van der Waals surface area contributed by atoms with Gasteiger partial charge in [0, 0.05) is 12.1 Å². The van der Waals surface area contributed by atoms with E-state index in [2.05, 4.69) is 6.58 Å². The van der Waals surface area contributed by atoms with Crippen LogP contribution in [0, 0.1) is 6.92 Å². The van der Waals surface area contributed by atoms with E-state index in [-0.39, 0.29) is 11.8 Å². The van der Waals surface area contributed by atoms with Gasteiger partial charge in [-0.2, -0.15) is 0 Å². The van der Waals surface area contributed by atoms with Crippen LogP contribution in [0.2, 0.25) is 0 Å². The summed E-state index contributed by atoms with van der Waals surface area (Å²) in [6, 6.07) is 15.7. The van der Waals surface area contributed by atoms with Gasteiger partial charge in [0.05, 0.1) is 22.7 Å². The van der Waals surface area contributed by atoms with Crippen molar-refractivity contribution < 1.29 is 9.59 Å². The summed E-state index contributed by atoms with van der Waals surface area (Å²) < 4.78 is 0.453. The van der Waals surface area contributed by atoms with E-state index in [1.54, 1.807) is 11.0 Å². The molecule has 6 heteroatoms. The standard InChI is InChI=1S/C22H18N2O2S2/c1-3-12-23-21(26)19(28-22(23)27)18-16-6-4-5-7-17(16)24(20(18)25)13-15-10-8-14(2)9-11-15/h3-11H,1,12-13H2,2H3/b19-18+. The second kappa shape index (κ2) is 7.37. The fourth-order valence-electron chi connectivity index (χ4n) is 3.37. The number of anilines is 1. The number of thiocarbonyl (C=S) groups is 1. The Kier molecular flexibility index (Phi) is 4.91. The molecule has 2 aromatic rings. The second-order valence-corrected chi connectivity index (χ2v) is 8.31. The monoisotopic (exact) mass is 406 g/mol. The summed E-state index contributed by atoms with van der Waals surface area (Å²) in [7, 11) is 0. The molecule has 1 fully saturated rings. The van der Waals surface area contributed by atoms with Gasteiger partial charge in [-0.15, -0.1) is 6.58 Å². The lowest BCUT2D eigenvalue weighted by molar-refractivity contribution is -0.122. The maximum Gasteiger partial charge on any atom is 0.267 e. The number of carbonyl (C=O) groups excluding carboxylic acids is 2. The molecule has 2 aliphatic rings. The fraction of sp³-hybridized carbons (Fsp3) is 0.136. The second-order valence-electron chi connectivity index (χ2n) is 6.67. The van der Waals surface area contributed by atoms with E-state index in [1.165, 1.54) is 22.2 Å². The molecule has 140 valence electrons. The van der Waals surface area contributed by atoms with Gasteiger partial charge < -0.3 is 4.90 Å². The number of benzene rings is 2. The van der Waals surface area contributed by atoms with E-state index in [0.717, 1.165) is 16.8 Å². The molecule has 2 amide bonds. The quantitative estimate of drug-likeness (QED) is 0.431. The van der Waals surface area contributed by atoms with Crippen LogP contribution in [0.4, 0.5) is 5.69 Å². The number of amides is 2. The lowest BCUT2D eigenvalue weighted by Crippen LogP contribution is -2.29. The van der Waals surface area contributed by atoms with Crippen LogP contribution in [0.15, 0.2) is 66.1 Å². The van der Waals surface area contributed by atoms with Gasteiger partial charge in [-0.25, -0.2) is 0 Å². The molecule has 4 nitrogen and oxygen atoms in total. The van der Waals surface area contributed by atoms with Crippen molar-refractivity contribution in [3.8, 4) is 0 Å². The largest absolute Gasteiger partial charge is 0.303 e. The molecule has 4 rings (SSSR count). The summed E-state index contributed by atoms with van der Waals surface area (Å²) in [5.74, 6) is -0.397. The first kappa shape index (κ1) is 18.7. The zero-order valence-corrected chi connectivity index (χ0v) is 17.0. The number of hydrogen-bond donors (Lipinski definition) is 0. The highest BCUT2D eigenvalue weighted by molar-refractivity contribution is 8.26. The van der Waals surface area contributed by atoms with E-state index in [4.69, 9.17) is 12.2 Å². The van der Waals surface area contributed by atoms with Crippen LogP contribution in [-0.2, 0) is 16.1 Å². The SMILES string of the molecule is C=CCN1C(=O)/C(=C2\C(=O)N(Cc3ccc(C)cc3)c3ccccc32)SC1=S. The smallest absolute Gasteiger partial charge is 0.267 e. The maximum atomic E-state index is 13.4. The Balaban J connectivity index is 1.77. The number of rotatable bonds is 4. The number of carbonyl (C=O) groups is 2. The number of aryl methyl sites for hydroxylation is 1. The molecular formula is C22H18N2O2S2. The van der Waals surface area contributed by atoms with Gasteiger partial charge in [-0.05, 0) is 18.6 Å². The van der Waals surface area contributed by atoms with Gasteiger partial charge in [-0.1, -0.05) is 78.1 Å². The minimum absolute atomic E-state index is 0.166. The first-order valence-electron chi connectivity index (χ1n) is 8.87. The van der Waals surface area contributed by atoms with Gasteiger partial charge in [0.2, 0.25) is 0 Å². The normalized spacial score (nSPS) is 18.8. The fourth-order valence-corrected chi connectivity index (χ4v) is 4.72. The molecule has 2 aromatic carbocycles. The summed E-state index contributed by atoms with van der Waals surface area (Å²) in [5.41, 5.74) is 4.24. The number of thioether (sulfide) groups is 1. The number of hydrogen-bond acceptors (Lipinski definition) is 4. The van der Waals surface area contributed by atoms with Crippen LogP contribution in [0.3, 0.4) is 0 Å². The van der Waals surface area contributed by atoms with E-state index in [1.807, 2.05) is 55.5 Å². The Morgan fingerprint density at radius 3 is 2.46 bits per heavy atom. The number of nitrogens with zero attached hydrogens (tertiary/aromatic N) is 2. The molecule has 1 saturated heterocycles. The average molecular weight is 407 g/mol. The molecule has 0 saturated carbocycles. The minimum Gasteiger partial charge on any atom is -0.303 e. The Morgan fingerprint density at radius 1 is 1.04 bits per heavy atom. The summed E-state index contributed by atoms with van der Waals surface area (Å²) in [6.07, 6.45) is 1.63. The maximum absolute atomic E-state index is 13.4. The van der Waals surface area contributed by atoms with Crippen molar-refractivity contribution in [2.45, 2.75) is 13.5 Å². The molecule has 2 heterocycles. The molecular weight excluding hydrogens is 388 g/mol. The Bertz CT molecular complexity index is 1040. The summed E-state index contributed by atoms with van der Waals surface area (Å²) in [6.45, 7) is 6.50. The average Bonchev–Trinajstić information content (AvgIpc) is 3.12. The number of fused-ring (bicyclic) bond motifs is 1. The first-order valence-corrected chi connectivity index (χ1v) is 10.1. The molecule has 0 aliphatic carbocycles.